The quantitative estimate of drug-likeness (QED) is 0.298. The molecule has 0 amide bonds. The molecule has 2 aromatic carbocycles. The fraction of sp³-hybridized carbons (Fsp3) is 0.292. The van der Waals surface area contributed by atoms with Crippen molar-refractivity contribution in [1.82, 2.24) is 9.55 Å². The van der Waals surface area contributed by atoms with E-state index < -0.39 is 30.1 Å². The van der Waals surface area contributed by atoms with E-state index in [1.807, 2.05) is 26.8 Å². The Morgan fingerprint density at radius 2 is 1.91 bits per heavy atom. The van der Waals surface area contributed by atoms with E-state index in [4.69, 9.17) is 9.15 Å². The highest BCUT2D eigenvalue weighted by molar-refractivity contribution is 5.83. The first kappa shape index (κ1) is 22.6. The molecule has 2 aromatic heterocycles. The molecule has 2 heterocycles. The average Bonchev–Trinajstić information content (AvgIpc) is 3.10. The van der Waals surface area contributed by atoms with Crippen LogP contribution in [0.4, 0.5) is 13.2 Å². The largest absolute Gasteiger partial charge is 0.459 e. The summed E-state index contributed by atoms with van der Waals surface area (Å²) >= 11 is 0. The summed E-state index contributed by atoms with van der Waals surface area (Å²) in [5, 5.41) is 0.612. The van der Waals surface area contributed by atoms with Crippen molar-refractivity contribution >= 4 is 28.0 Å². The topological polar surface area (TPSA) is 74.3 Å². The van der Waals surface area contributed by atoms with Crippen molar-refractivity contribution in [3.8, 4) is 0 Å². The Bertz CT molecular complexity index is 1420. The number of aromatic nitrogens is 2. The third-order valence-corrected chi connectivity index (χ3v) is 5.42. The van der Waals surface area contributed by atoms with Gasteiger partial charge in [-0.15, -0.1) is 0 Å². The fourth-order valence-corrected chi connectivity index (χ4v) is 3.92. The number of rotatable bonds is 5. The second-order valence-electron chi connectivity index (χ2n) is 8.12. The number of nitrogens with zero attached hydrogens (tertiary/aromatic N) is 2. The van der Waals surface area contributed by atoms with Gasteiger partial charge in [-0.1, -0.05) is 26.0 Å². The number of carbonyl (C=O) groups is 1. The third kappa shape index (κ3) is 4.48. The van der Waals surface area contributed by atoms with Crippen molar-refractivity contribution in [2.75, 3.05) is 0 Å². The number of halogens is 3. The van der Waals surface area contributed by atoms with E-state index in [0.29, 0.717) is 16.5 Å². The molecule has 172 valence electrons. The van der Waals surface area contributed by atoms with Gasteiger partial charge in [-0.3, -0.25) is 4.79 Å². The van der Waals surface area contributed by atoms with Crippen molar-refractivity contribution in [3.63, 3.8) is 0 Å². The number of carbonyl (C=O) groups excluding carboxylic acids is 1. The number of imidazole rings is 1. The van der Waals surface area contributed by atoms with Crippen LogP contribution in [-0.4, -0.2) is 15.5 Å². The number of ether oxygens (including phenoxy) is 1. The molecular weight excluding hydrogens is 437 g/mol. The Morgan fingerprint density at radius 3 is 2.61 bits per heavy atom. The maximum Gasteiger partial charge on any atom is 0.449 e. The molecule has 0 N–H and O–H groups in total. The molecule has 0 aliphatic carbocycles. The smallest absolute Gasteiger partial charge is 0.449 e. The number of benzene rings is 2. The Balaban J connectivity index is 1.63. The predicted molar refractivity (Wildman–Crippen MR) is 116 cm³/mol. The lowest BCUT2D eigenvalue weighted by Crippen LogP contribution is -2.20. The van der Waals surface area contributed by atoms with E-state index >= 15 is 0 Å². The van der Waals surface area contributed by atoms with Crippen LogP contribution >= 0.6 is 0 Å². The molecule has 0 saturated heterocycles. The van der Waals surface area contributed by atoms with Crippen LogP contribution in [-0.2, 0) is 28.9 Å². The minimum atomic E-state index is -4.74. The zero-order chi connectivity index (χ0) is 23.9. The van der Waals surface area contributed by atoms with Crippen LogP contribution in [0.5, 0.6) is 0 Å². The lowest BCUT2D eigenvalue weighted by Gasteiger charge is -2.14. The zero-order valence-electron chi connectivity index (χ0n) is 18.2. The SMILES string of the molecule is Cc1cc2oc(=O)cc(COC(=O)Cn3c(C(F)(F)F)nc4ccccc43)c2cc1C(C)C. The monoisotopic (exact) mass is 458 g/mol. The molecule has 0 aliphatic rings. The Labute approximate surface area is 186 Å². The van der Waals surface area contributed by atoms with Gasteiger partial charge in [0, 0.05) is 17.0 Å². The first-order valence-electron chi connectivity index (χ1n) is 10.3. The number of aryl methyl sites for hydroxylation is 1. The number of para-hydroxylation sites is 2. The standard InChI is InChI=1S/C24H21F3N2O4/c1-13(2)16-10-17-15(9-21(30)33-20(17)8-14(16)3)12-32-22(31)11-29-19-7-5-4-6-18(19)28-23(29)24(25,26)27/h4-10,13H,11-12H2,1-3H3. The Hall–Kier alpha value is -3.62. The summed E-state index contributed by atoms with van der Waals surface area (Å²) in [5.74, 6) is -1.85. The molecule has 4 aromatic rings. The molecule has 6 nitrogen and oxygen atoms in total. The van der Waals surface area contributed by atoms with Gasteiger partial charge in [-0.05, 0) is 48.2 Å². The summed E-state index contributed by atoms with van der Waals surface area (Å²) in [7, 11) is 0. The van der Waals surface area contributed by atoms with Crippen molar-refractivity contribution < 1.29 is 27.1 Å². The highest BCUT2D eigenvalue weighted by atomic mass is 19.4. The lowest BCUT2D eigenvalue weighted by molar-refractivity contribution is -0.151. The zero-order valence-corrected chi connectivity index (χ0v) is 18.2. The van der Waals surface area contributed by atoms with Crippen LogP contribution < -0.4 is 5.63 Å². The Morgan fingerprint density at radius 1 is 1.18 bits per heavy atom. The van der Waals surface area contributed by atoms with Gasteiger partial charge in [0.25, 0.3) is 0 Å². The molecule has 0 unspecified atom stereocenters. The summed E-state index contributed by atoms with van der Waals surface area (Å²) in [6.45, 7) is 5.01. The average molecular weight is 458 g/mol. The van der Waals surface area contributed by atoms with Gasteiger partial charge in [-0.25, -0.2) is 9.78 Å². The second-order valence-corrected chi connectivity index (χ2v) is 8.12. The predicted octanol–water partition coefficient (Wildman–Crippen LogP) is 5.34. The summed E-state index contributed by atoms with van der Waals surface area (Å²) in [6, 6.07) is 10.9. The van der Waals surface area contributed by atoms with E-state index in [1.165, 1.54) is 18.2 Å². The summed E-state index contributed by atoms with van der Waals surface area (Å²) in [6.07, 6.45) is -4.74. The van der Waals surface area contributed by atoms with E-state index in [2.05, 4.69) is 4.98 Å². The molecule has 9 heteroatoms. The fourth-order valence-electron chi connectivity index (χ4n) is 3.92. The normalized spacial score (nSPS) is 12.1. The number of hydrogen-bond acceptors (Lipinski definition) is 5. The minimum Gasteiger partial charge on any atom is -0.459 e. The minimum absolute atomic E-state index is 0.126. The molecule has 0 bridgehead atoms. The second kappa shape index (κ2) is 8.38. The van der Waals surface area contributed by atoms with E-state index in [-0.39, 0.29) is 23.6 Å². The molecule has 0 atom stereocenters. The highest BCUT2D eigenvalue weighted by Crippen LogP contribution is 2.32. The number of esters is 1. The van der Waals surface area contributed by atoms with Gasteiger partial charge >= 0.3 is 17.8 Å². The maximum absolute atomic E-state index is 13.5. The molecule has 0 radical (unpaired) electrons. The van der Waals surface area contributed by atoms with E-state index in [0.717, 1.165) is 15.7 Å². The van der Waals surface area contributed by atoms with Crippen LogP contribution in [0.3, 0.4) is 0 Å². The molecular formula is C24H21F3N2O4. The molecule has 0 spiro atoms. The van der Waals surface area contributed by atoms with Crippen molar-refractivity contribution in [1.29, 1.82) is 0 Å². The van der Waals surface area contributed by atoms with Crippen LogP contribution in [0.2, 0.25) is 0 Å². The first-order chi connectivity index (χ1) is 15.5. The van der Waals surface area contributed by atoms with Crippen LogP contribution in [0, 0.1) is 6.92 Å². The van der Waals surface area contributed by atoms with Gasteiger partial charge < -0.3 is 13.7 Å². The van der Waals surface area contributed by atoms with Crippen LogP contribution in [0.1, 0.15) is 42.3 Å². The molecule has 0 aliphatic heterocycles. The number of fused-ring (bicyclic) bond motifs is 2. The molecule has 0 fully saturated rings. The van der Waals surface area contributed by atoms with Gasteiger partial charge in [0.2, 0.25) is 5.82 Å². The summed E-state index contributed by atoms with van der Waals surface area (Å²) in [4.78, 5) is 28.1. The van der Waals surface area contributed by atoms with Gasteiger partial charge in [0.1, 0.15) is 18.7 Å². The third-order valence-electron chi connectivity index (χ3n) is 5.42. The van der Waals surface area contributed by atoms with Gasteiger partial charge in [-0.2, -0.15) is 13.2 Å². The molecule has 0 saturated carbocycles. The van der Waals surface area contributed by atoms with Crippen molar-refractivity contribution in [2.45, 2.75) is 46.0 Å². The number of alkyl halides is 3. The van der Waals surface area contributed by atoms with E-state index in [9.17, 15) is 22.8 Å². The van der Waals surface area contributed by atoms with Crippen LogP contribution in [0.25, 0.3) is 22.0 Å². The maximum atomic E-state index is 13.5. The van der Waals surface area contributed by atoms with Crippen molar-refractivity contribution in [2.24, 2.45) is 0 Å². The van der Waals surface area contributed by atoms with Gasteiger partial charge in [0.05, 0.1) is 11.0 Å². The molecule has 33 heavy (non-hydrogen) atoms. The van der Waals surface area contributed by atoms with Gasteiger partial charge in [0.15, 0.2) is 0 Å². The van der Waals surface area contributed by atoms with E-state index in [1.54, 1.807) is 18.2 Å². The first-order valence-corrected chi connectivity index (χ1v) is 10.3. The Kier molecular flexibility index (Phi) is 5.73. The highest BCUT2D eigenvalue weighted by Gasteiger charge is 2.38. The lowest BCUT2D eigenvalue weighted by atomic mass is 9.95. The van der Waals surface area contributed by atoms with Crippen molar-refractivity contribution in [3.05, 3.63) is 75.4 Å². The number of hydrogen-bond donors (Lipinski definition) is 0. The molecule has 4 rings (SSSR count). The summed E-state index contributed by atoms with van der Waals surface area (Å²) in [5.41, 5.74) is 2.47. The van der Waals surface area contributed by atoms with Crippen LogP contribution in [0.15, 0.2) is 51.7 Å². The summed E-state index contributed by atoms with van der Waals surface area (Å²) < 4.78 is 51.7.